The van der Waals surface area contributed by atoms with E-state index in [0.29, 0.717) is 13.2 Å². The lowest BCUT2D eigenvalue weighted by Crippen LogP contribution is -2.36. The minimum Gasteiger partial charge on any atom is -0.478 e. The van der Waals surface area contributed by atoms with Gasteiger partial charge in [0.1, 0.15) is 0 Å². The molecule has 1 saturated heterocycles. The molecule has 0 atom stereocenters. The quantitative estimate of drug-likeness (QED) is 0.856. The fraction of sp³-hybridized carbons (Fsp3) is 0.263. The van der Waals surface area contributed by atoms with Gasteiger partial charge in [-0.2, -0.15) is 0 Å². The number of aromatic carboxylic acids is 1. The molecule has 1 aliphatic rings. The summed E-state index contributed by atoms with van der Waals surface area (Å²) in [6, 6.07) is 14.1. The van der Waals surface area contributed by atoms with Crippen LogP contribution in [0.1, 0.15) is 26.3 Å². The monoisotopic (exact) mass is 325 g/mol. The lowest BCUT2D eigenvalue weighted by atomic mass is 9.97. The molecule has 5 nitrogen and oxygen atoms in total. The molecule has 24 heavy (non-hydrogen) atoms. The highest BCUT2D eigenvalue weighted by Crippen LogP contribution is 2.23. The molecule has 5 heteroatoms. The van der Waals surface area contributed by atoms with Crippen LogP contribution in [-0.4, -0.2) is 43.2 Å². The average molecular weight is 325 g/mol. The van der Waals surface area contributed by atoms with Crippen LogP contribution in [-0.2, 0) is 11.2 Å². The largest absolute Gasteiger partial charge is 0.478 e. The van der Waals surface area contributed by atoms with Crippen LogP contribution < -0.4 is 4.90 Å². The Kier molecular flexibility index (Phi) is 4.91. The molecule has 2 aromatic rings. The number of ether oxygens (including phenoxy) is 1. The Labute approximate surface area is 140 Å². The second kappa shape index (κ2) is 7.27. The molecule has 124 valence electrons. The van der Waals surface area contributed by atoms with Crippen LogP contribution in [0.2, 0.25) is 0 Å². The Morgan fingerprint density at radius 1 is 0.958 bits per heavy atom. The molecule has 0 unspecified atom stereocenters. The fourth-order valence-corrected chi connectivity index (χ4v) is 2.95. The highest BCUT2D eigenvalue weighted by molar-refractivity contribution is 6.06. The number of hydrogen-bond acceptors (Lipinski definition) is 4. The summed E-state index contributed by atoms with van der Waals surface area (Å²) in [4.78, 5) is 26.2. The van der Waals surface area contributed by atoms with Gasteiger partial charge in [-0.3, -0.25) is 4.79 Å². The summed E-state index contributed by atoms with van der Waals surface area (Å²) in [6.07, 6.45) is 0.178. The van der Waals surface area contributed by atoms with E-state index in [0.717, 1.165) is 24.3 Å². The third kappa shape index (κ3) is 3.46. The predicted molar refractivity (Wildman–Crippen MR) is 90.9 cm³/mol. The average Bonchev–Trinajstić information content (AvgIpc) is 2.63. The first-order chi connectivity index (χ1) is 11.7. The Morgan fingerprint density at radius 2 is 1.58 bits per heavy atom. The molecule has 0 radical (unpaired) electrons. The molecule has 0 saturated carbocycles. The topological polar surface area (TPSA) is 66.8 Å². The lowest BCUT2D eigenvalue weighted by molar-refractivity contribution is 0.0692. The van der Waals surface area contributed by atoms with Crippen molar-refractivity contribution in [2.24, 2.45) is 0 Å². The van der Waals surface area contributed by atoms with Gasteiger partial charge in [0.25, 0.3) is 0 Å². The molecular formula is C19H19NO4. The first-order valence-corrected chi connectivity index (χ1v) is 7.93. The molecule has 0 spiro atoms. The van der Waals surface area contributed by atoms with Crippen LogP contribution in [0.5, 0.6) is 0 Å². The molecule has 0 aliphatic carbocycles. The number of carbonyl (C=O) groups is 2. The Hall–Kier alpha value is -2.66. The van der Waals surface area contributed by atoms with Gasteiger partial charge in [0.05, 0.1) is 18.8 Å². The summed E-state index contributed by atoms with van der Waals surface area (Å²) >= 11 is 0. The number of nitrogens with zero attached hydrogens (tertiary/aromatic N) is 1. The van der Waals surface area contributed by atoms with Crippen molar-refractivity contribution >= 4 is 17.4 Å². The second-order valence-electron chi connectivity index (χ2n) is 5.68. The van der Waals surface area contributed by atoms with Crippen molar-refractivity contribution in [3.63, 3.8) is 0 Å². The minimum absolute atomic E-state index is 0.0475. The molecule has 1 heterocycles. The van der Waals surface area contributed by atoms with E-state index >= 15 is 0 Å². The first kappa shape index (κ1) is 16.2. The van der Waals surface area contributed by atoms with Crippen LogP contribution in [0.3, 0.4) is 0 Å². The molecule has 0 aromatic heterocycles. The van der Waals surface area contributed by atoms with Gasteiger partial charge in [0.2, 0.25) is 0 Å². The summed E-state index contributed by atoms with van der Waals surface area (Å²) in [5.41, 5.74) is 2.22. The van der Waals surface area contributed by atoms with Crippen LogP contribution in [0.4, 0.5) is 5.69 Å². The highest BCUT2D eigenvalue weighted by Gasteiger charge is 2.19. The van der Waals surface area contributed by atoms with Gasteiger partial charge in [-0.1, -0.05) is 36.4 Å². The molecule has 1 fully saturated rings. The number of hydrogen-bond donors (Lipinski definition) is 1. The van der Waals surface area contributed by atoms with Gasteiger partial charge in [-0.25, -0.2) is 4.79 Å². The van der Waals surface area contributed by atoms with E-state index in [2.05, 4.69) is 4.90 Å². The van der Waals surface area contributed by atoms with Crippen molar-refractivity contribution in [3.8, 4) is 0 Å². The maximum atomic E-state index is 12.7. The fourth-order valence-electron chi connectivity index (χ4n) is 2.95. The summed E-state index contributed by atoms with van der Waals surface area (Å²) in [7, 11) is 0. The number of benzene rings is 2. The number of carboxylic acids is 1. The number of morpholine rings is 1. The van der Waals surface area contributed by atoms with Crippen molar-refractivity contribution in [2.45, 2.75) is 6.42 Å². The molecule has 1 N–H and O–H groups in total. The number of para-hydroxylation sites is 1. The third-order valence-corrected chi connectivity index (χ3v) is 4.15. The predicted octanol–water partition coefficient (Wildman–Crippen LogP) is 2.65. The molecule has 1 aliphatic heterocycles. The summed E-state index contributed by atoms with van der Waals surface area (Å²) in [5, 5.41) is 9.26. The van der Waals surface area contributed by atoms with Crippen molar-refractivity contribution < 1.29 is 19.4 Å². The van der Waals surface area contributed by atoms with Gasteiger partial charge >= 0.3 is 5.97 Å². The van der Waals surface area contributed by atoms with Crippen LogP contribution >= 0.6 is 0 Å². The summed E-state index contributed by atoms with van der Waals surface area (Å²) in [5.74, 6) is -1.27. The first-order valence-electron chi connectivity index (χ1n) is 7.93. The summed E-state index contributed by atoms with van der Waals surface area (Å²) < 4.78 is 5.38. The maximum Gasteiger partial charge on any atom is 0.336 e. The highest BCUT2D eigenvalue weighted by atomic mass is 16.5. The minimum atomic E-state index is -1.08. The van der Waals surface area contributed by atoms with E-state index < -0.39 is 5.97 Å². The number of Topliss-reactive ketones (excluding diaryl/α,β-unsaturated/α-hetero) is 1. The van der Waals surface area contributed by atoms with E-state index in [4.69, 9.17) is 4.74 Å². The third-order valence-electron chi connectivity index (χ3n) is 4.15. The van der Waals surface area contributed by atoms with E-state index in [1.54, 1.807) is 18.2 Å². The van der Waals surface area contributed by atoms with Crippen molar-refractivity contribution in [2.75, 3.05) is 31.2 Å². The summed E-state index contributed by atoms with van der Waals surface area (Å²) in [6.45, 7) is 2.92. The van der Waals surface area contributed by atoms with Crippen molar-refractivity contribution in [1.29, 1.82) is 0 Å². The van der Waals surface area contributed by atoms with Crippen molar-refractivity contribution in [3.05, 3.63) is 65.2 Å². The Balaban J connectivity index is 1.86. The smallest absolute Gasteiger partial charge is 0.336 e. The number of carbonyl (C=O) groups excluding carboxylic acids is 1. The second-order valence-corrected chi connectivity index (χ2v) is 5.68. The molecule has 0 bridgehead atoms. The maximum absolute atomic E-state index is 12.7. The van der Waals surface area contributed by atoms with Crippen molar-refractivity contribution in [1.82, 2.24) is 0 Å². The van der Waals surface area contributed by atoms with Crippen LogP contribution in [0.15, 0.2) is 48.5 Å². The molecular weight excluding hydrogens is 306 g/mol. The lowest BCUT2D eigenvalue weighted by Gasteiger charge is -2.30. The normalized spacial score (nSPS) is 14.4. The van der Waals surface area contributed by atoms with Crippen LogP contribution in [0.25, 0.3) is 0 Å². The van der Waals surface area contributed by atoms with Gasteiger partial charge in [-0.15, -0.1) is 0 Å². The Bertz CT molecular complexity index is 751. The number of anilines is 1. The van der Waals surface area contributed by atoms with Gasteiger partial charge in [0, 0.05) is 30.8 Å². The number of carboxylic acid groups (broad SMARTS) is 1. The van der Waals surface area contributed by atoms with Crippen LogP contribution in [0, 0.1) is 0 Å². The van der Waals surface area contributed by atoms with Gasteiger partial charge < -0.3 is 14.7 Å². The molecule has 2 aromatic carbocycles. The zero-order chi connectivity index (χ0) is 16.9. The van der Waals surface area contributed by atoms with E-state index in [1.165, 1.54) is 6.07 Å². The standard InChI is InChI=1S/C19H19NO4/c21-18(15-6-2-3-7-16(15)19(22)23)13-14-5-1-4-8-17(14)20-9-11-24-12-10-20/h1-8H,9-13H2,(H,22,23). The number of ketones is 1. The zero-order valence-electron chi connectivity index (χ0n) is 13.3. The van der Waals surface area contributed by atoms with E-state index in [1.807, 2.05) is 24.3 Å². The Morgan fingerprint density at radius 3 is 2.29 bits per heavy atom. The van der Waals surface area contributed by atoms with E-state index in [-0.39, 0.29) is 23.3 Å². The number of rotatable bonds is 5. The van der Waals surface area contributed by atoms with Gasteiger partial charge in [0.15, 0.2) is 5.78 Å². The molecule has 0 amide bonds. The molecule has 3 rings (SSSR count). The van der Waals surface area contributed by atoms with Gasteiger partial charge in [-0.05, 0) is 17.7 Å². The SMILES string of the molecule is O=C(O)c1ccccc1C(=O)Cc1ccccc1N1CCOCC1. The van der Waals surface area contributed by atoms with E-state index in [9.17, 15) is 14.7 Å². The zero-order valence-corrected chi connectivity index (χ0v) is 13.3.